The van der Waals surface area contributed by atoms with Crippen molar-refractivity contribution in [3.63, 3.8) is 0 Å². The number of benzene rings is 11. The normalized spacial score (nSPS) is 11.8. The van der Waals surface area contributed by atoms with Gasteiger partial charge in [0.25, 0.3) is 0 Å². The van der Waals surface area contributed by atoms with Crippen molar-refractivity contribution in [2.75, 3.05) is 0 Å². The molecule has 0 aliphatic heterocycles. The zero-order valence-corrected chi connectivity index (χ0v) is 37.6. The van der Waals surface area contributed by atoms with Crippen LogP contribution in [-0.2, 0) is 0 Å². The molecule has 0 saturated heterocycles. The van der Waals surface area contributed by atoms with Crippen LogP contribution in [0, 0.1) is 0 Å². The second kappa shape index (κ2) is 15.7. The molecule has 0 saturated carbocycles. The number of hydrogen-bond acceptors (Lipinski definition) is 1. The Bertz CT molecular complexity index is 4290. The molecule has 3 heterocycles. The molecular formula is C66H42N2O. The molecule has 0 amide bonds. The minimum atomic E-state index is 0.889. The molecule has 0 N–H and O–H groups in total. The van der Waals surface area contributed by atoms with Gasteiger partial charge in [0.1, 0.15) is 11.2 Å². The lowest BCUT2D eigenvalue weighted by atomic mass is 9.91. The topological polar surface area (TPSA) is 23.0 Å². The Labute approximate surface area is 399 Å². The van der Waals surface area contributed by atoms with Crippen LogP contribution in [0.15, 0.2) is 259 Å². The van der Waals surface area contributed by atoms with E-state index >= 15 is 0 Å². The molecule has 69 heavy (non-hydrogen) atoms. The lowest BCUT2D eigenvalue weighted by Crippen LogP contribution is -1.96. The first-order valence-electron chi connectivity index (χ1n) is 23.7. The van der Waals surface area contributed by atoms with Gasteiger partial charge in [0.15, 0.2) is 0 Å². The molecule has 11 aromatic carbocycles. The first kappa shape index (κ1) is 39.0. The number of para-hydroxylation sites is 5. The van der Waals surface area contributed by atoms with Crippen LogP contribution in [0.3, 0.4) is 0 Å². The number of hydrogen-bond donors (Lipinski definition) is 0. The Hall–Kier alpha value is -9.18. The Balaban J connectivity index is 1.00. The second-order valence-corrected chi connectivity index (χ2v) is 18.0. The van der Waals surface area contributed by atoms with E-state index in [1.165, 1.54) is 65.9 Å². The Morgan fingerprint density at radius 1 is 0.246 bits per heavy atom. The summed E-state index contributed by atoms with van der Waals surface area (Å²) in [6, 6.07) is 92.6. The predicted octanol–water partition coefficient (Wildman–Crippen LogP) is 18.1. The zero-order valence-electron chi connectivity index (χ0n) is 37.6. The van der Waals surface area contributed by atoms with Crippen LogP contribution < -0.4 is 0 Å². The number of nitrogens with zero attached hydrogens (tertiary/aromatic N) is 2. The van der Waals surface area contributed by atoms with E-state index < -0.39 is 0 Å². The third-order valence-corrected chi connectivity index (χ3v) is 14.1. The molecular weight excluding hydrogens is 837 g/mol. The predicted molar refractivity (Wildman–Crippen MR) is 290 cm³/mol. The number of furan rings is 1. The summed E-state index contributed by atoms with van der Waals surface area (Å²) in [5.41, 5.74) is 20.2. The van der Waals surface area contributed by atoms with Gasteiger partial charge in [-0.05, 0) is 117 Å². The maximum absolute atomic E-state index is 6.74. The third-order valence-electron chi connectivity index (χ3n) is 14.1. The largest absolute Gasteiger partial charge is 0.455 e. The zero-order chi connectivity index (χ0) is 45.4. The summed E-state index contributed by atoms with van der Waals surface area (Å²) in [5, 5.41) is 7.10. The van der Waals surface area contributed by atoms with Crippen molar-refractivity contribution < 1.29 is 4.42 Å². The SMILES string of the molecule is c1ccc(-c2ccc(-n3c4ccccc4c4cc(-c5cc(-c6cccc7c6oc6ccccc67)cc(-c6cccc7c8ccccc8n(-c8cccc(-c9ccccc9)c8)c67)c5)ccc43)cc2)cc1. The molecule has 3 nitrogen and oxygen atoms in total. The van der Waals surface area contributed by atoms with Gasteiger partial charge in [-0.1, -0.05) is 182 Å². The summed E-state index contributed by atoms with van der Waals surface area (Å²) in [7, 11) is 0. The smallest absolute Gasteiger partial charge is 0.143 e. The van der Waals surface area contributed by atoms with E-state index in [4.69, 9.17) is 4.42 Å². The van der Waals surface area contributed by atoms with Gasteiger partial charge in [0, 0.05) is 54.8 Å². The molecule has 0 fully saturated rings. The fraction of sp³-hybridized carbons (Fsp3) is 0. The lowest BCUT2D eigenvalue weighted by Gasteiger charge is -2.16. The molecule has 3 aromatic heterocycles. The van der Waals surface area contributed by atoms with Gasteiger partial charge in [-0.25, -0.2) is 0 Å². The molecule has 322 valence electrons. The van der Waals surface area contributed by atoms with Crippen LogP contribution in [0.4, 0.5) is 0 Å². The lowest BCUT2D eigenvalue weighted by molar-refractivity contribution is 0.670. The van der Waals surface area contributed by atoms with Gasteiger partial charge in [-0.15, -0.1) is 0 Å². The summed E-state index contributed by atoms with van der Waals surface area (Å²) in [5.74, 6) is 0. The molecule has 0 radical (unpaired) electrons. The number of rotatable bonds is 7. The van der Waals surface area contributed by atoms with Crippen LogP contribution in [0.25, 0.3) is 133 Å². The van der Waals surface area contributed by atoms with Gasteiger partial charge in [0.2, 0.25) is 0 Å². The van der Waals surface area contributed by atoms with Crippen LogP contribution in [-0.4, -0.2) is 9.13 Å². The average molecular weight is 879 g/mol. The van der Waals surface area contributed by atoms with Crippen molar-refractivity contribution in [1.82, 2.24) is 9.13 Å². The maximum atomic E-state index is 6.74. The summed E-state index contributed by atoms with van der Waals surface area (Å²) in [6.45, 7) is 0. The third kappa shape index (κ3) is 6.36. The summed E-state index contributed by atoms with van der Waals surface area (Å²) < 4.78 is 11.6. The summed E-state index contributed by atoms with van der Waals surface area (Å²) >= 11 is 0. The molecule has 3 heteroatoms. The van der Waals surface area contributed by atoms with Gasteiger partial charge >= 0.3 is 0 Å². The van der Waals surface area contributed by atoms with Gasteiger partial charge in [0.05, 0.1) is 22.1 Å². The quantitative estimate of drug-likeness (QED) is 0.156. The first-order valence-corrected chi connectivity index (χ1v) is 23.7. The minimum Gasteiger partial charge on any atom is -0.455 e. The highest BCUT2D eigenvalue weighted by molar-refractivity contribution is 6.15. The highest BCUT2D eigenvalue weighted by Crippen LogP contribution is 2.44. The van der Waals surface area contributed by atoms with Crippen molar-refractivity contribution in [1.29, 1.82) is 0 Å². The molecule has 0 atom stereocenters. The molecule has 0 unspecified atom stereocenters. The Morgan fingerprint density at radius 3 is 1.52 bits per heavy atom. The van der Waals surface area contributed by atoms with Crippen molar-refractivity contribution in [3.05, 3.63) is 255 Å². The highest BCUT2D eigenvalue weighted by atomic mass is 16.3. The molecule has 14 aromatic rings. The van der Waals surface area contributed by atoms with Crippen molar-refractivity contribution in [2.24, 2.45) is 0 Å². The van der Waals surface area contributed by atoms with Crippen molar-refractivity contribution >= 4 is 65.6 Å². The molecule has 0 bridgehead atoms. The van der Waals surface area contributed by atoms with E-state index in [-0.39, 0.29) is 0 Å². The number of aromatic nitrogens is 2. The molecule has 14 rings (SSSR count). The monoisotopic (exact) mass is 878 g/mol. The first-order chi connectivity index (χ1) is 34.2. The van der Waals surface area contributed by atoms with Gasteiger partial charge in [-0.3, -0.25) is 0 Å². The summed E-state index contributed by atoms with van der Waals surface area (Å²) in [4.78, 5) is 0. The summed E-state index contributed by atoms with van der Waals surface area (Å²) in [6.07, 6.45) is 0. The fourth-order valence-corrected chi connectivity index (χ4v) is 10.9. The van der Waals surface area contributed by atoms with E-state index in [2.05, 4.69) is 258 Å². The minimum absolute atomic E-state index is 0.889. The molecule has 0 aliphatic rings. The van der Waals surface area contributed by atoms with E-state index in [0.717, 1.165) is 66.7 Å². The molecule has 0 aliphatic carbocycles. The standard InChI is InChI=1S/C66H42N2O/c1-3-16-43(17-4-1)45-32-35-51(36-33-45)67-61-29-10-8-23-56(61)60-42-47(34-37-63(60)67)48-38-49(40-50(39-48)54-26-15-28-59-57-24-9-12-31-64(57)69-66(54)59)53-25-14-27-58-55-22-7-11-30-62(55)68(65(53)58)52-21-13-20-46(41-52)44-18-5-2-6-19-44/h1-42H. The Morgan fingerprint density at radius 2 is 0.754 bits per heavy atom. The van der Waals surface area contributed by atoms with Crippen LogP contribution in [0.2, 0.25) is 0 Å². The van der Waals surface area contributed by atoms with Crippen LogP contribution >= 0.6 is 0 Å². The van der Waals surface area contributed by atoms with Crippen LogP contribution in [0.5, 0.6) is 0 Å². The average Bonchev–Trinajstić information content (AvgIpc) is 4.09. The van der Waals surface area contributed by atoms with Crippen LogP contribution in [0.1, 0.15) is 0 Å². The van der Waals surface area contributed by atoms with E-state index in [9.17, 15) is 0 Å². The van der Waals surface area contributed by atoms with E-state index in [0.29, 0.717) is 0 Å². The van der Waals surface area contributed by atoms with Gasteiger partial charge in [-0.2, -0.15) is 0 Å². The second-order valence-electron chi connectivity index (χ2n) is 18.0. The highest BCUT2D eigenvalue weighted by Gasteiger charge is 2.21. The van der Waals surface area contributed by atoms with E-state index in [1.807, 2.05) is 6.07 Å². The van der Waals surface area contributed by atoms with Gasteiger partial charge < -0.3 is 13.6 Å². The Kier molecular flexibility index (Phi) is 8.90. The fourth-order valence-electron chi connectivity index (χ4n) is 10.9. The number of fused-ring (bicyclic) bond motifs is 9. The molecule has 0 spiro atoms. The van der Waals surface area contributed by atoms with Crippen molar-refractivity contribution in [2.45, 2.75) is 0 Å². The van der Waals surface area contributed by atoms with Crippen molar-refractivity contribution in [3.8, 4) is 67.0 Å². The maximum Gasteiger partial charge on any atom is 0.143 e. The van der Waals surface area contributed by atoms with E-state index in [1.54, 1.807) is 0 Å².